The normalized spacial score (nSPS) is 15.8. The van der Waals surface area contributed by atoms with E-state index in [1.54, 1.807) is 0 Å². The van der Waals surface area contributed by atoms with E-state index in [-0.39, 0.29) is 13.2 Å². The second-order valence-corrected chi connectivity index (χ2v) is 30.2. The molecule has 0 spiro atoms. The molecule has 12 bridgehead atoms. The van der Waals surface area contributed by atoms with Crippen LogP contribution in [0.4, 0.5) is 23.3 Å². The molecule has 8 aliphatic rings. The summed E-state index contributed by atoms with van der Waals surface area (Å²) in [5.41, 5.74) is 9.79. The number of benzene rings is 8. The summed E-state index contributed by atoms with van der Waals surface area (Å²) in [5.74, 6) is 7.16. The van der Waals surface area contributed by atoms with Crippen molar-refractivity contribution in [2.45, 2.75) is 0 Å². The molecule has 20 rings (SSSR count). The van der Waals surface area contributed by atoms with Gasteiger partial charge in [0.25, 0.3) is 0 Å². The number of aromatic nitrogens is 4. The van der Waals surface area contributed by atoms with Crippen LogP contribution in [-0.4, -0.2) is 107 Å². The standard InChI is InChI=1S/2C32H16N8.C2H4O2.2Ga/c2*1-2-10-18-17(9-1)25-33-26(18)38-28-21-13-5-6-14-22(21)30(35-28)40-32-24-16-8-7-15-23(24)31(36-32)39-29-20-12-4-3-11-19(20)27(34-29)37-25;3-1-2-4;;/h2*1-16H;1-2H2;;/q3*-2;2*+3. The predicted molar refractivity (Wildman–Crippen MR) is 334 cm³/mol. The molecular weight excluding hydrogens is 1190 g/mol. The Kier molecular flexibility index (Phi) is 9.64. The maximum atomic E-state index is 7.84. The third-order valence-electron chi connectivity index (χ3n) is 17.1. The molecule has 0 saturated heterocycles. The number of amidine groups is 8. The van der Waals surface area contributed by atoms with Crippen LogP contribution < -0.4 is 22.0 Å². The molecule has 4 aromatic heterocycles. The van der Waals surface area contributed by atoms with Gasteiger partial charge in [-0.15, -0.1) is 0 Å². The van der Waals surface area contributed by atoms with Crippen molar-refractivity contribution in [3.63, 3.8) is 0 Å². The average Bonchev–Trinajstić information content (AvgIpc) is 1.67. The Hall–Kier alpha value is -10.3. The number of nitrogens with zero attached hydrogens (tertiary/aromatic N) is 16. The van der Waals surface area contributed by atoms with Crippen molar-refractivity contribution in [2.24, 2.45) is 59.9 Å². The molecule has 0 fully saturated rings. The van der Waals surface area contributed by atoms with Crippen molar-refractivity contribution in [3.05, 3.63) is 261 Å². The molecule has 18 nitrogen and oxygen atoms in total. The topological polar surface area (TPSA) is 187 Å². The van der Waals surface area contributed by atoms with Crippen molar-refractivity contribution in [3.8, 4) is 0 Å². The van der Waals surface area contributed by atoms with Gasteiger partial charge in [-0.2, -0.15) is 0 Å². The first-order valence-electron chi connectivity index (χ1n) is 28.4. The predicted octanol–water partition coefficient (Wildman–Crippen LogP) is 8.89. The maximum absolute atomic E-state index is 7.84. The summed E-state index contributed by atoms with van der Waals surface area (Å²) in [6.07, 6.45) is 0. The summed E-state index contributed by atoms with van der Waals surface area (Å²) in [7, 11) is 0. The third kappa shape index (κ3) is 6.50. The Morgan fingerprint density at radius 3 is 0.651 bits per heavy atom. The quantitative estimate of drug-likeness (QED) is 0.123. The van der Waals surface area contributed by atoms with E-state index in [0.29, 0.717) is 91.9 Å². The molecule has 12 aromatic rings. The van der Waals surface area contributed by atoms with Crippen molar-refractivity contribution < 1.29 is 7.06 Å². The monoisotopic (exact) mass is 1220 g/mol. The van der Waals surface area contributed by atoms with Gasteiger partial charge in [0.15, 0.2) is 0 Å². The molecular formula is C66H36Ga2N16O2. The summed E-state index contributed by atoms with van der Waals surface area (Å²) in [4.78, 5) is 65.7. The van der Waals surface area contributed by atoms with Crippen LogP contribution in [0.1, 0.15) is 44.5 Å². The van der Waals surface area contributed by atoms with E-state index in [1.165, 1.54) is 0 Å². The number of aliphatic imine (C=N–C) groups is 8. The summed E-state index contributed by atoms with van der Waals surface area (Å²) >= 11 is -8.19. The summed E-state index contributed by atoms with van der Waals surface area (Å²) < 4.78 is 24.7. The van der Waals surface area contributed by atoms with Crippen LogP contribution in [-0.2, 0) is 7.06 Å². The Morgan fingerprint density at radius 2 is 0.419 bits per heavy atom. The Morgan fingerprint density at radius 1 is 0.221 bits per heavy atom. The van der Waals surface area contributed by atoms with Gasteiger partial charge in [-0.1, -0.05) is 0 Å². The van der Waals surface area contributed by atoms with E-state index >= 15 is 0 Å². The first-order chi connectivity index (χ1) is 42.6. The Bertz CT molecular complexity index is 5090. The molecule has 8 aliphatic heterocycles. The molecule has 86 heavy (non-hydrogen) atoms. The minimum absolute atomic E-state index is 0.132. The number of hydrogen-bond donors (Lipinski definition) is 0. The average molecular weight is 1220 g/mol. The van der Waals surface area contributed by atoms with Gasteiger partial charge in [-0.3, -0.25) is 0 Å². The third-order valence-corrected chi connectivity index (χ3v) is 27.2. The second-order valence-electron chi connectivity index (χ2n) is 21.8. The van der Waals surface area contributed by atoms with Crippen LogP contribution in [0.25, 0.3) is 43.1 Å². The molecule has 20 heteroatoms. The van der Waals surface area contributed by atoms with Crippen LogP contribution in [0.5, 0.6) is 0 Å². The fourth-order valence-corrected chi connectivity index (χ4v) is 23.7. The first kappa shape index (κ1) is 47.1. The number of fused-ring (bicyclic) bond motifs is 28. The van der Waals surface area contributed by atoms with Crippen molar-refractivity contribution >= 4 is 147 Å². The van der Waals surface area contributed by atoms with Gasteiger partial charge in [-0.25, -0.2) is 0 Å². The van der Waals surface area contributed by atoms with Gasteiger partial charge in [0.2, 0.25) is 0 Å². The molecule has 0 atom stereocenters. The summed E-state index contributed by atoms with van der Waals surface area (Å²) in [6.45, 7) is 0.264. The van der Waals surface area contributed by atoms with Gasteiger partial charge in [-0.05, 0) is 0 Å². The van der Waals surface area contributed by atoms with Gasteiger partial charge >= 0.3 is 501 Å². The van der Waals surface area contributed by atoms with Crippen molar-refractivity contribution in [1.82, 2.24) is 13.1 Å². The molecule has 0 radical (unpaired) electrons. The van der Waals surface area contributed by atoms with E-state index in [0.717, 1.165) is 87.6 Å². The zero-order valence-corrected chi connectivity index (χ0v) is 49.9. The molecule has 0 unspecified atom stereocenters. The van der Waals surface area contributed by atoms with E-state index in [4.69, 9.17) is 67.0 Å². The SMILES string of the molecule is c1ccc2c(c1)C1=NC2=Nc2c3ccccc3c3[n]2[Ga]([O]CC[O][Ga]2[n]4c5c6ccccc6c4N=C4N=C(N=c6c7ccccc7c([n]62)=NC2=NC(=N5)c5ccccc52)c2ccccc24)[n]2c(c4ccccc4c2=NC2=NC(=N3)c3ccccc32)=N1. The Balaban J connectivity index is 0.840. The van der Waals surface area contributed by atoms with Gasteiger partial charge in [0.1, 0.15) is 0 Å². The van der Waals surface area contributed by atoms with Crippen molar-refractivity contribution in [2.75, 3.05) is 13.2 Å². The second kappa shape index (κ2) is 17.6. The first-order valence-corrected chi connectivity index (χ1v) is 34.7. The van der Waals surface area contributed by atoms with E-state index in [2.05, 4.69) is 110 Å². The molecule has 12 heterocycles. The van der Waals surface area contributed by atoms with Crippen molar-refractivity contribution in [1.29, 1.82) is 0 Å². The van der Waals surface area contributed by atoms with Crippen LogP contribution in [0, 0.1) is 0 Å². The number of rotatable bonds is 5. The van der Waals surface area contributed by atoms with Crippen LogP contribution >= 0.6 is 0 Å². The van der Waals surface area contributed by atoms with Gasteiger partial charge in [0, 0.05) is 0 Å². The van der Waals surface area contributed by atoms with Crippen LogP contribution in [0.3, 0.4) is 0 Å². The number of hydrogen-bond acceptors (Lipinski definition) is 14. The van der Waals surface area contributed by atoms with Crippen LogP contribution in [0.2, 0.25) is 0 Å². The molecule has 0 aliphatic carbocycles. The molecule has 398 valence electrons. The summed E-state index contributed by atoms with van der Waals surface area (Å²) in [6, 6.07) is 65.9. The zero-order chi connectivity index (χ0) is 55.9. The zero-order valence-electron chi connectivity index (χ0n) is 45.0. The molecule has 0 N–H and O–H groups in total. The fraction of sp³-hybridized carbons (Fsp3) is 0.0303. The van der Waals surface area contributed by atoms with Crippen LogP contribution in [0.15, 0.2) is 254 Å². The van der Waals surface area contributed by atoms with Gasteiger partial charge in [0.05, 0.1) is 0 Å². The fourth-order valence-electron chi connectivity index (χ4n) is 13.4. The Labute approximate surface area is 497 Å². The molecule has 0 saturated carbocycles. The molecule has 0 amide bonds. The van der Waals surface area contributed by atoms with E-state index in [9.17, 15) is 0 Å². The molecule has 8 aromatic carbocycles. The minimum atomic E-state index is -4.10. The summed E-state index contributed by atoms with van der Waals surface area (Å²) in [5, 5.41) is 7.18. The van der Waals surface area contributed by atoms with Gasteiger partial charge < -0.3 is 0 Å². The van der Waals surface area contributed by atoms with E-state index in [1.807, 2.05) is 97.1 Å². The van der Waals surface area contributed by atoms with E-state index < -0.39 is 34.1 Å².